The fourth-order valence-electron chi connectivity index (χ4n) is 3.25. The number of hydrogen-bond donors (Lipinski definition) is 1. The van der Waals surface area contributed by atoms with Gasteiger partial charge in [-0.05, 0) is 36.2 Å². The number of rotatable bonds is 6. The van der Waals surface area contributed by atoms with E-state index in [2.05, 4.69) is 31.3 Å². The first-order chi connectivity index (χ1) is 14.5. The second kappa shape index (κ2) is 8.62. The standard InChI is InChI=1S/C22H20BrN5O2/c1-15-3-2-4-18-21(15)24-14-27(22(18)30)12-10-20(29)26-19-9-11-25-28(19)13-16-5-7-17(23)8-6-16/h2-9,11,14H,10,12-13H2,1H3,(H,26,29). The number of aromatic nitrogens is 4. The first-order valence-electron chi connectivity index (χ1n) is 9.52. The van der Waals surface area contributed by atoms with E-state index < -0.39 is 0 Å². The number of carbonyl (C=O) groups excluding carboxylic acids is 1. The van der Waals surface area contributed by atoms with E-state index in [0.29, 0.717) is 23.3 Å². The molecule has 30 heavy (non-hydrogen) atoms. The van der Waals surface area contributed by atoms with E-state index in [4.69, 9.17) is 0 Å². The molecule has 0 aliphatic heterocycles. The number of aryl methyl sites for hydroxylation is 2. The molecule has 0 radical (unpaired) electrons. The number of anilines is 1. The van der Waals surface area contributed by atoms with Gasteiger partial charge in [-0.2, -0.15) is 5.10 Å². The predicted octanol–water partition coefficient (Wildman–Crippen LogP) is 3.74. The molecule has 1 amide bonds. The van der Waals surface area contributed by atoms with Gasteiger partial charge in [0.15, 0.2) is 0 Å². The van der Waals surface area contributed by atoms with Crippen LogP contribution in [0.15, 0.2) is 70.3 Å². The Morgan fingerprint density at radius 2 is 1.93 bits per heavy atom. The predicted molar refractivity (Wildman–Crippen MR) is 119 cm³/mol. The zero-order valence-electron chi connectivity index (χ0n) is 16.4. The molecule has 0 bridgehead atoms. The molecule has 152 valence electrons. The van der Waals surface area contributed by atoms with Crippen molar-refractivity contribution in [2.24, 2.45) is 0 Å². The number of nitrogens with zero attached hydrogens (tertiary/aromatic N) is 4. The van der Waals surface area contributed by atoms with Gasteiger partial charge in [-0.1, -0.05) is 40.2 Å². The number of hydrogen-bond acceptors (Lipinski definition) is 4. The van der Waals surface area contributed by atoms with Crippen molar-refractivity contribution in [3.8, 4) is 0 Å². The van der Waals surface area contributed by atoms with Crippen LogP contribution in [0.1, 0.15) is 17.5 Å². The van der Waals surface area contributed by atoms with Crippen LogP contribution in [0.2, 0.25) is 0 Å². The quantitative estimate of drug-likeness (QED) is 0.470. The summed E-state index contributed by atoms with van der Waals surface area (Å²) >= 11 is 3.42. The third-order valence-corrected chi connectivity index (χ3v) is 5.39. The maximum absolute atomic E-state index is 12.7. The fourth-order valence-corrected chi connectivity index (χ4v) is 3.52. The van der Waals surface area contributed by atoms with E-state index in [1.807, 2.05) is 43.3 Å². The zero-order valence-corrected chi connectivity index (χ0v) is 18.0. The van der Waals surface area contributed by atoms with E-state index >= 15 is 0 Å². The third-order valence-electron chi connectivity index (χ3n) is 4.86. The Morgan fingerprint density at radius 3 is 2.73 bits per heavy atom. The highest BCUT2D eigenvalue weighted by molar-refractivity contribution is 9.10. The Kier molecular flexibility index (Phi) is 5.76. The highest BCUT2D eigenvalue weighted by atomic mass is 79.9. The molecule has 0 aliphatic rings. The summed E-state index contributed by atoms with van der Waals surface area (Å²) in [5, 5.41) is 7.72. The summed E-state index contributed by atoms with van der Waals surface area (Å²) in [6.07, 6.45) is 3.31. The summed E-state index contributed by atoms with van der Waals surface area (Å²) in [6, 6.07) is 15.2. The summed E-state index contributed by atoms with van der Waals surface area (Å²) in [4.78, 5) is 29.5. The van der Waals surface area contributed by atoms with Gasteiger partial charge in [0, 0.05) is 23.5 Å². The number of nitrogens with one attached hydrogen (secondary N) is 1. The van der Waals surface area contributed by atoms with Crippen LogP contribution >= 0.6 is 15.9 Å². The summed E-state index contributed by atoms with van der Waals surface area (Å²) < 4.78 is 4.21. The smallest absolute Gasteiger partial charge is 0.261 e. The molecule has 4 rings (SSSR count). The van der Waals surface area contributed by atoms with E-state index in [1.165, 1.54) is 10.9 Å². The number of carbonyl (C=O) groups is 1. The molecule has 0 atom stereocenters. The minimum Gasteiger partial charge on any atom is -0.311 e. The van der Waals surface area contributed by atoms with Crippen molar-refractivity contribution in [2.75, 3.05) is 5.32 Å². The summed E-state index contributed by atoms with van der Waals surface area (Å²) in [7, 11) is 0. The van der Waals surface area contributed by atoms with Crippen molar-refractivity contribution in [3.05, 3.63) is 87.0 Å². The van der Waals surface area contributed by atoms with Gasteiger partial charge in [-0.3, -0.25) is 14.2 Å². The first-order valence-corrected chi connectivity index (χ1v) is 10.3. The lowest BCUT2D eigenvalue weighted by Crippen LogP contribution is -2.24. The van der Waals surface area contributed by atoms with Crippen molar-refractivity contribution in [1.82, 2.24) is 19.3 Å². The number of amides is 1. The lowest BCUT2D eigenvalue weighted by atomic mass is 10.1. The van der Waals surface area contributed by atoms with Crippen molar-refractivity contribution in [1.29, 1.82) is 0 Å². The molecule has 7 nitrogen and oxygen atoms in total. The number of fused-ring (bicyclic) bond motifs is 1. The number of para-hydroxylation sites is 1. The second-order valence-electron chi connectivity index (χ2n) is 7.01. The Labute approximate surface area is 181 Å². The number of benzene rings is 2. The summed E-state index contributed by atoms with van der Waals surface area (Å²) in [6.45, 7) is 2.72. The lowest BCUT2D eigenvalue weighted by Gasteiger charge is -2.10. The molecule has 0 spiro atoms. The van der Waals surface area contributed by atoms with Crippen LogP contribution < -0.4 is 10.9 Å². The van der Waals surface area contributed by atoms with E-state index in [9.17, 15) is 9.59 Å². The third kappa shape index (κ3) is 4.33. The maximum atomic E-state index is 12.7. The van der Waals surface area contributed by atoms with Gasteiger partial charge < -0.3 is 5.32 Å². The molecule has 0 saturated carbocycles. The Hall–Kier alpha value is -3.26. The molecule has 4 aromatic rings. The van der Waals surface area contributed by atoms with Gasteiger partial charge in [-0.25, -0.2) is 9.67 Å². The van der Waals surface area contributed by atoms with Crippen LogP contribution in [0.3, 0.4) is 0 Å². The van der Waals surface area contributed by atoms with E-state index in [0.717, 1.165) is 15.6 Å². The largest absolute Gasteiger partial charge is 0.311 e. The molecular weight excluding hydrogens is 446 g/mol. The van der Waals surface area contributed by atoms with Crippen LogP contribution in [0, 0.1) is 6.92 Å². The van der Waals surface area contributed by atoms with Crippen LogP contribution in [0.4, 0.5) is 5.82 Å². The SMILES string of the molecule is Cc1cccc2c(=O)n(CCC(=O)Nc3ccnn3Cc3ccc(Br)cc3)cnc12. The molecule has 0 fully saturated rings. The highest BCUT2D eigenvalue weighted by Gasteiger charge is 2.10. The molecular formula is C22H20BrN5O2. The van der Waals surface area contributed by atoms with Crippen molar-refractivity contribution in [3.63, 3.8) is 0 Å². The van der Waals surface area contributed by atoms with Gasteiger partial charge in [0.2, 0.25) is 5.91 Å². The lowest BCUT2D eigenvalue weighted by molar-refractivity contribution is -0.116. The van der Waals surface area contributed by atoms with Gasteiger partial charge >= 0.3 is 0 Å². The summed E-state index contributed by atoms with van der Waals surface area (Å²) in [5.74, 6) is 0.423. The van der Waals surface area contributed by atoms with Gasteiger partial charge in [-0.15, -0.1) is 0 Å². The molecule has 8 heteroatoms. The van der Waals surface area contributed by atoms with Crippen molar-refractivity contribution in [2.45, 2.75) is 26.4 Å². The van der Waals surface area contributed by atoms with Crippen LogP contribution in [0.5, 0.6) is 0 Å². The topological polar surface area (TPSA) is 81.8 Å². The summed E-state index contributed by atoms with van der Waals surface area (Å²) in [5.41, 5.74) is 2.58. The molecule has 2 aromatic carbocycles. The molecule has 1 N–H and O–H groups in total. The highest BCUT2D eigenvalue weighted by Crippen LogP contribution is 2.15. The van der Waals surface area contributed by atoms with E-state index in [1.54, 1.807) is 23.0 Å². The molecule has 2 aromatic heterocycles. The molecule has 2 heterocycles. The maximum Gasteiger partial charge on any atom is 0.261 e. The van der Waals surface area contributed by atoms with Crippen molar-refractivity contribution < 1.29 is 4.79 Å². The van der Waals surface area contributed by atoms with Crippen LogP contribution in [-0.2, 0) is 17.9 Å². The minimum atomic E-state index is -0.191. The Balaban J connectivity index is 1.42. The first kappa shape index (κ1) is 20.0. The Bertz CT molecular complexity index is 1260. The Morgan fingerprint density at radius 1 is 1.13 bits per heavy atom. The van der Waals surface area contributed by atoms with E-state index in [-0.39, 0.29) is 24.4 Å². The molecule has 0 aliphatic carbocycles. The number of halogens is 1. The van der Waals surface area contributed by atoms with Crippen molar-refractivity contribution >= 4 is 38.6 Å². The average molecular weight is 466 g/mol. The molecule has 0 unspecified atom stereocenters. The van der Waals surface area contributed by atoms with Gasteiger partial charge in [0.25, 0.3) is 5.56 Å². The fraction of sp³-hybridized carbons (Fsp3) is 0.182. The van der Waals surface area contributed by atoms with Gasteiger partial charge in [0.1, 0.15) is 5.82 Å². The normalized spacial score (nSPS) is 11.0. The monoisotopic (exact) mass is 465 g/mol. The average Bonchev–Trinajstić information content (AvgIpc) is 3.16. The van der Waals surface area contributed by atoms with Gasteiger partial charge in [0.05, 0.1) is 30.0 Å². The van der Waals surface area contributed by atoms with Crippen LogP contribution in [-0.4, -0.2) is 25.2 Å². The minimum absolute atomic E-state index is 0.142. The zero-order chi connectivity index (χ0) is 21.1. The molecule has 0 saturated heterocycles. The van der Waals surface area contributed by atoms with Crippen LogP contribution in [0.25, 0.3) is 10.9 Å². The second-order valence-corrected chi connectivity index (χ2v) is 7.93.